The second-order valence-electron chi connectivity index (χ2n) is 7.43. The SMILES string of the molecule is CCC(=O)CC(C)(C)O.Cc1nc2cc(Cl)c(C#N)cc2n1C1CCC1. The molecule has 1 aromatic carbocycles. The van der Waals surface area contributed by atoms with Gasteiger partial charge in [-0.05, 0) is 52.2 Å². The molecule has 6 heteroatoms. The zero-order valence-corrected chi connectivity index (χ0v) is 16.6. The van der Waals surface area contributed by atoms with Gasteiger partial charge in [-0.1, -0.05) is 18.5 Å². The zero-order valence-electron chi connectivity index (χ0n) is 15.8. The van der Waals surface area contributed by atoms with E-state index in [0.717, 1.165) is 16.9 Å². The van der Waals surface area contributed by atoms with Crippen molar-refractivity contribution in [2.24, 2.45) is 0 Å². The third-order valence-corrected chi connectivity index (χ3v) is 4.85. The molecule has 0 unspecified atom stereocenters. The highest BCUT2D eigenvalue weighted by Gasteiger charge is 2.23. The minimum Gasteiger partial charge on any atom is -0.390 e. The molecular formula is C20H26ClN3O2. The number of rotatable bonds is 4. The van der Waals surface area contributed by atoms with Crippen molar-refractivity contribution in [1.29, 1.82) is 5.26 Å². The average Bonchev–Trinajstić information content (AvgIpc) is 2.79. The van der Waals surface area contributed by atoms with Gasteiger partial charge in [-0.15, -0.1) is 0 Å². The van der Waals surface area contributed by atoms with Crippen LogP contribution < -0.4 is 0 Å². The van der Waals surface area contributed by atoms with Crippen molar-refractivity contribution in [1.82, 2.24) is 9.55 Å². The lowest BCUT2D eigenvalue weighted by Crippen LogP contribution is -2.22. The van der Waals surface area contributed by atoms with Crippen LogP contribution in [0.4, 0.5) is 0 Å². The number of hydrogen-bond donors (Lipinski definition) is 1. The number of nitrogens with zero attached hydrogens (tertiary/aromatic N) is 3. The Kier molecular flexibility index (Phi) is 6.44. The molecule has 5 nitrogen and oxygen atoms in total. The van der Waals surface area contributed by atoms with E-state index >= 15 is 0 Å². The van der Waals surface area contributed by atoms with Gasteiger partial charge in [0.2, 0.25) is 0 Å². The Morgan fingerprint density at radius 2 is 2.12 bits per heavy atom. The molecule has 26 heavy (non-hydrogen) atoms. The van der Waals surface area contributed by atoms with Crippen LogP contribution in [0.2, 0.25) is 5.02 Å². The third-order valence-electron chi connectivity index (χ3n) is 4.54. The van der Waals surface area contributed by atoms with Crippen molar-refractivity contribution >= 4 is 28.4 Å². The van der Waals surface area contributed by atoms with Gasteiger partial charge >= 0.3 is 0 Å². The first-order valence-electron chi connectivity index (χ1n) is 8.98. The maximum absolute atomic E-state index is 10.7. The molecule has 2 aromatic rings. The van der Waals surface area contributed by atoms with E-state index in [9.17, 15) is 4.79 Å². The molecule has 140 valence electrons. The summed E-state index contributed by atoms with van der Waals surface area (Å²) in [6, 6.07) is 6.32. The quantitative estimate of drug-likeness (QED) is 0.838. The number of imidazole rings is 1. The monoisotopic (exact) mass is 375 g/mol. The van der Waals surface area contributed by atoms with E-state index in [0.29, 0.717) is 23.0 Å². The number of carbonyl (C=O) groups excluding carboxylic acids is 1. The summed E-state index contributed by atoms with van der Waals surface area (Å²) in [7, 11) is 0. The van der Waals surface area contributed by atoms with Crippen LogP contribution >= 0.6 is 11.6 Å². The number of hydrogen-bond acceptors (Lipinski definition) is 4. The maximum Gasteiger partial charge on any atom is 0.135 e. The summed E-state index contributed by atoms with van der Waals surface area (Å²) < 4.78 is 2.25. The first-order valence-corrected chi connectivity index (χ1v) is 9.36. The highest BCUT2D eigenvalue weighted by molar-refractivity contribution is 6.32. The minimum atomic E-state index is -0.826. The van der Waals surface area contributed by atoms with Gasteiger partial charge in [-0.25, -0.2) is 4.98 Å². The van der Waals surface area contributed by atoms with Crippen LogP contribution in [0.15, 0.2) is 12.1 Å². The smallest absolute Gasteiger partial charge is 0.135 e. The van der Waals surface area contributed by atoms with Gasteiger partial charge in [-0.2, -0.15) is 5.26 Å². The number of ketones is 1. The fourth-order valence-electron chi connectivity index (χ4n) is 3.04. The highest BCUT2D eigenvalue weighted by atomic mass is 35.5. The lowest BCUT2D eigenvalue weighted by Gasteiger charge is -2.28. The van der Waals surface area contributed by atoms with Crippen molar-refractivity contribution in [3.8, 4) is 6.07 Å². The number of aliphatic hydroxyl groups is 1. The van der Waals surface area contributed by atoms with E-state index in [1.54, 1.807) is 26.8 Å². The van der Waals surface area contributed by atoms with Gasteiger partial charge < -0.3 is 9.67 Å². The topological polar surface area (TPSA) is 78.9 Å². The molecule has 0 saturated heterocycles. The molecule has 0 radical (unpaired) electrons. The van der Waals surface area contributed by atoms with Crippen LogP contribution in [0.5, 0.6) is 0 Å². The first kappa shape index (κ1) is 20.4. The Morgan fingerprint density at radius 3 is 2.54 bits per heavy atom. The van der Waals surface area contributed by atoms with Gasteiger partial charge in [0.15, 0.2) is 0 Å². The summed E-state index contributed by atoms with van der Waals surface area (Å²) in [6.07, 6.45) is 4.48. The minimum absolute atomic E-state index is 0.113. The molecule has 1 aliphatic carbocycles. The highest BCUT2D eigenvalue weighted by Crippen LogP contribution is 2.36. The van der Waals surface area contributed by atoms with E-state index in [-0.39, 0.29) is 12.2 Å². The lowest BCUT2D eigenvalue weighted by molar-refractivity contribution is -0.122. The van der Waals surface area contributed by atoms with Crippen molar-refractivity contribution in [2.75, 3.05) is 0 Å². The number of halogens is 1. The molecule has 3 rings (SSSR count). The molecule has 0 aliphatic heterocycles. The number of fused-ring (bicyclic) bond motifs is 1. The average molecular weight is 376 g/mol. The van der Waals surface area contributed by atoms with E-state index < -0.39 is 5.60 Å². The summed E-state index contributed by atoms with van der Waals surface area (Å²) in [4.78, 5) is 15.2. The van der Waals surface area contributed by atoms with Gasteiger partial charge in [-0.3, -0.25) is 4.79 Å². The number of carbonyl (C=O) groups is 1. The molecule has 0 atom stereocenters. The predicted octanol–water partition coefficient (Wildman–Crippen LogP) is 4.72. The van der Waals surface area contributed by atoms with Crippen LogP contribution in [0.1, 0.15) is 70.3 Å². The van der Waals surface area contributed by atoms with Crippen molar-refractivity contribution in [2.45, 2.75) is 71.4 Å². The molecule has 0 bridgehead atoms. The Labute approximate surface area is 159 Å². The van der Waals surface area contributed by atoms with Crippen LogP contribution in [0.3, 0.4) is 0 Å². The van der Waals surface area contributed by atoms with Crippen LogP contribution in [-0.4, -0.2) is 26.0 Å². The number of aryl methyl sites for hydroxylation is 1. The molecule has 0 amide bonds. The van der Waals surface area contributed by atoms with Crippen molar-refractivity contribution in [3.63, 3.8) is 0 Å². The number of nitriles is 1. The second-order valence-corrected chi connectivity index (χ2v) is 7.83. The third kappa shape index (κ3) is 4.84. The van der Waals surface area contributed by atoms with E-state index in [1.165, 1.54) is 19.3 Å². The molecule has 1 saturated carbocycles. The Morgan fingerprint density at radius 1 is 1.46 bits per heavy atom. The van der Waals surface area contributed by atoms with E-state index in [2.05, 4.69) is 15.6 Å². The molecular weight excluding hydrogens is 350 g/mol. The molecule has 1 heterocycles. The van der Waals surface area contributed by atoms with Gasteiger partial charge in [0, 0.05) is 18.9 Å². The normalized spacial score (nSPS) is 14.3. The summed E-state index contributed by atoms with van der Waals surface area (Å²) in [5.74, 6) is 1.12. The molecule has 1 N–H and O–H groups in total. The van der Waals surface area contributed by atoms with Crippen LogP contribution in [0.25, 0.3) is 11.0 Å². The summed E-state index contributed by atoms with van der Waals surface area (Å²) >= 11 is 6.02. The largest absolute Gasteiger partial charge is 0.390 e. The first-order chi connectivity index (χ1) is 12.2. The molecule has 1 fully saturated rings. The lowest BCUT2D eigenvalue weighted by atomic mass is 9.92. The van der Waals surface area contributed by atoms with Crippen LogP contribution in [-0.2, 0) is 4.79 Å². The van der Waals surface area contributed by atoms with Gasteiger partial charge in [0.25, 0.3) is 0 Å². The fraction of sp³-hybridized carbons (Fsp3) is 0.550. The summed E-state index contributed by atoms with van der Waals surface area (Å²) in [5.41, 5.74) is 1.62. The Bertz CT molecular complexity index is 839. The van der Waals surface area contributed by atoms with Crippen LogP contribution in [0, 0.1) is 18.3 Å². The standard InChI is InChI=1S/C13H12ClN3.C7H14O2/c1-8-16-12-6-11(14)9(7-15)5-13(12)17(8)10-3-2-4-10;1-4-6(8)5-7(2,3)9/h5-6,10H,2-4H2,1H3;9H,4-5H2,1-3H3. The predicted molar refractivity (Wildman–Crippen MR) is 103 cm³/mol. The summed E-state index contributed by atoms with van der Waals surface area (Å²) in [5, 5.41) is 18.6. The number of Topliss-reactive ketones (excluding diaryl/α,β-unsaturated/α-hetero) is 1. The number of benzene rings is 1. The van der Waals surface area contributed by atoms with Gasteiger partial charge in [0.05, 0.1) is 27.2 Å². The van der Waals surface area contributed by atoms with E-state index in [4.69, 9.17) is 22.0 Å². The summed E-state index contributed by atoms with van der Waals surface area (Å²) in [6.45, 7) is 7.09. The molecule has 1 aromatic heterocycles. The zero-order chi connectivity index (χ0) is 19.5. The number of aromatic nitrogens is 2. The van der Waals surface area contributed by atoms with E-state index in [1.807, 2.05) is 13.0 Å². The Hall–Kier alpha value is -1.90. The van der Waals surface area contributed by atoms with Gasteiger partial charge in [0.1, 0.15) is 17.7 Å². The van der Waals surface area contributed by atoms with Crippen molar-refractivity contribution < 1.29 is 9.90 Å². The Balaban J connectivity index is 0.000000232. The second kappa shape index (κ2) is 8.20. The van der Waals surface area contributed by atoms with Crippen molar-refractivity contribution in [3.05, 3.63) is 28.5 Å². The molecule has 0 spiro atoms. The maximum atomic E-state index is 10.7. The molecule has 1 aliphatic rings. The fourth-order valence-corrected chi connectivity index (χ4v) is 3.24.